The summed E-state index contributed by atoms with van der Waals surface area (Å²) in [4.78, 5) is 16.6. The first-order valence-electron chi connectivity index (χ1n) is 9.84. The largest absolute Gasteiger partial charge is 0.353 e. The van der Waals surface area contributed by atoms with Crippen LogP contribution in [0.1, 0.15) is 76.2 Å². The molecule has 2 aromatic rings. The van der Waals surface area contributed by atoms with Gasteiger partial charge in [-0.05, 0) is 24.3 Å². The molecule has 3 rings (SSSR count). The SMILES string of the molecule is CC(C)c1ccc(-c2noc(CCC(=O)NC3CCCCCC3)n2)cc1. The molecule has 0 radical (unpaired) electrons. The van der Waals surface area contributed by atoms with Crippen LogP contribution in [0.3, 0.4) is 0 Å². The topological polar surface area (TPSA) is 68.0 Å². The fourth-order valence-electron chi connectivity index (χ4n) is 3.43. The molecular weight excluding hydrogens is 326 g/mol. The molecule has 1 fully saturated rings. The Morgan fingerprint density at radius 2 is 1.85 bits per heavy atom. The van der Waals surface area contributed by atoms with Crippen LogP contribution in [0, 0.1) is 0 Å². The van der Waals surface area contributed by atoms with Crippen LogP contribution in [0.4, 0.5) is 0 Å². The predicted octanol–water partition coefficient (Wildman–Crippen LogP) is 4.63. The Morgan fingerprint density at radius 3 is 2.50 bits per heavy atom. The monoisotopic (exact) mass is 355 g/mol. The molecule has 1 heterocycles. The summed E-state index contributed by atoms with van der Waals surface area (Å²) >= 11 is 0. The molecule has 0 saturated heterocycles. The van der Waals surface area contributed by atoms with Crippen molar-refractivity contribution in [1.29, 1.82) is 0 Å². The number of benzene rings is 1. The van der Waals surface area contributed by atoms with E-state index in [0.29, 0.717) is 36.5 Å². The lowest BCUT2D eigenvalue weighted by Gasteiger charge is -2.15. The molecule has 0 unspecified atom stereocenters. The molecule has 1 aromatic heterocycles. The fourth-order valence-corrected chi connectivity index (χ4v) is 3.43. The zero-order valence-electron chi connectivity index (χ0n) is 15.8. The van der Waals surface area contributed by atoms with Crippen LogP contribution in [-0.4, -0.2) is 22.1 Å². The van der Waals surface area contributed by atoms with Gasteiger partial charge in [-0.2, -0.15) is 4.98 Å². The number of carbonyl (C=O) groups is 1. The first-order chi connectivity index (χ1) is 12.6. The number of rotatable bonds is 6. The highest BCUT2D eigenvalue weighted by molar-refractivity contribution is 5.76. The summed E-state index contributed by atoms with van der Waals surface area (Å²) in [7, 11) is 0. The number of nitrogens with one attached hydrogen (secondary N) is 1. The van der Waals surface area contributed by atoms with Gasteiger partial charge in [-0.3, -0.25) is 4.79 Å². The first-order valence-corrected chi connectivity index (χ1v) is 9.84. The lowest BCUT2D eigenvalue weighted by Crippen LogP contribution is -2.34. The van der Waals surface area contributed by atoms with E-state index in [1.165, 1.54) is 31.2 Å². The molecule has 5 heteroatoms. The highest BCUT2D eigenvalue weighted by atomic mass is 16.5. The second-order valence-electron chi connectivity index (χ2n) is 7.54. The van der Waals surface area contributed by atoms with Crippen LogP contribution in [-0.2, 0) is 11.2 Å². The Hall–Kier alpha value is -2.17. The molecule has 1 N–H and O–H groups in total. The van der Waals surface area contributed by atoms with E-state index in [2.05, 4.69) is 41.4 Å². The summed E-state index contributed by atoms with van der Waals surface area (Å²) in [5, 5.41) is 7.20. The summed E-state index contributed by atoms with van der Waals surface area (Å²) in [5.74, 6) is 1.68. The van der Waals surface area contributed by atoms with Gasteiger partial charge >= 0.3 is 0 Å². The fraction of sp³-hybridized carbons (Fsp3) is 0.571. The zero-order valence-corrected chi connectivity index (χ0v) is 15.8. The zero-order chi connectivity index (χ0) is 18.4. The Kier molecular flexibility index (Phi) is 6.42. The van der Waals surface area contributed by atoms with Crippen LogP contribution >= 0.6 is 0 Å². The molecule has 0 bridgehead atoms. The van der Waals surface area contributed by atoms with Crippen molar-refractivity contribution in [3.05, 3.63) is 35.7 Å². The van der Waals surface area contributed by atoms with Crippen molar-refractivity contribution in [3.63, 3.8) is 0 Å². The number of hydrogen-bond acceptors (Lipinski definition) is 4. The maximum Gasteiger partial charge on any atom is 0.227 e. The number of nitrogens with zero attached hydrogens (tertiary/aromatic N) is 2. The van der Waals surface area contributed by atoms with Crippen LogP contribution < -0.4 is 5.32 Å². The van der Waals surface area contributed by atoms with Crippen molar-refractivity contribution < 1.29 is 9.32 Å². The van der Waals surface area contributed by atoms with E-state index in [4.69, 9.17) is 4.52 Å². The minimum atomic E-state index is 0.0814. The Labute approximate surface area is 155 Å². The lowest BCUT2D eigenvalue weighted by molar-refractivity contribution is -0.121. The van der Waals surface area contributed by atoms with Gasteiger partial charge in [0.1, 0.15) is 0 Å². The van der Waals surface area contributed by atoms with Gasteiger partial charge < -0.3 is 9.84 Å². The second kappa shape index (κ2) is 8.97. The van der Waals surface area contributed by atoms with Crippen molar-refractivity contribution >= 4 is 5.91 Å². The van der Waals surface area contributed by atoms with Crippen molar-refractivity contribution in [1.82, 2.24) is 15.5 Å². The van der Waals surface area contributed by atoms with Crippen LogP contribution in [0.5, 0.6) is 0 Å². The number of carbonyl (C=O) groups excluding carboxylic acids is 1. The van der Waals surface area contributed by atoms with Gasteiger partial charge in [0.2, 0.25) is 17.6 Å². The van der Waals surface area contributed by atoms with Gasteiger partial charge in [-0.1, -0.05) is 69.0 Å². The molecule has 1 aliphatic rings. The predicted molar refractivity (Wildman–Crippen MR) is 102 cm³/mol. The Balaban J connectivity index is 1.50. The summed E-state index contributed by atoms with van der Waals surface area (Å²) in [5.41, 5.74) is 2.22. The minimum Gasteiger partial charge on any atom is -0.353 e. The molecule has 1 saturated carbocycles. The maximum atomic E-state index is 12.2. The van der Waals surface area contributed by atoms with Gasteiger partial charge in [-0.15, -0.1) is 0 Å². The quantitative estimate of drug-likeness (QED) is 0.767. The summed E-state index contributed by atoms with van der Waals surface area (Å²) in [6.45, 7) is 4.34. The molecular formula is C21H29N3O2. The third kappa shape index (κ3) is 5.16. The molecule has 140 valence electrons. The Bertz CT molecular complexity index is 698. The van der Waals surface area contributed by atoms with Gasteiger partial charge in [-0.25, -0.2) is 0 Å². The number of aromatic nitrogens is 2. The molecule has 26 heavy (non-hydrogen) atoms. The Morgan fingerprint density at radius 1 is 1.15 bits per heavy atom. The average molecular weight is 355 g/mol. The van der Waals surface area contributed by atoms with Crippen LogP contribution in [0.15, 0.2) is 28.8 Å². The highest BCUT2D eigenvalue weighted by Crippen LogP contribution is 2.21. The third-order valence-corrected chi connectivity index (χ3v) is 5.09. The molecule has 0 spiro atoms. The van der Waals surface area contributed by atoms with Crippen molar-refractivity contribution in [2.24, 2.45) is 0 Å². The summed E-state index contributed by atoms with van der Waals surface area (Å²) in [6.07, 6.45) is 8.08. The number of hydrogen-bond donors (Lipinski definition) is 1. The summed E-state index contributed by atoms with van der Waals surface area (Å²) in [6, 6.07) is 8.56. The van der Waals surface area contributed by atoms with Gasteiger partial charge in [0, 0.05) is 24.4 Å². The molecule has 1 aliphatic carbocycles. The molecule has 0 aliphatic heterocycles. The standard InChI is InChI=1S/C21H29N3O2/c1-15(2)16-9-11-17(12-10-16)21-23-20(26-24-21)14-13-19(25)22-18-7-5-3-4-6-8-18/h9-12,15,18H,3-8,13-14H2,1-2H3,(H,22,25). The maximum absolute atomic E-state index is 12.2. The minimum absolute atomic E-state index is 0.0814. The van der Waals surface area contributed by atoms with E-state index in [1.807, 2.05) is 12.1 Å². The average Bonchev–Trinajstić information content (AvgIpc) is 2.97. The molecule has 0 atom stereocenters. The van der Waals surface area contributed by atoms with E-state index in [9.17, 15) is 4.79 Å². The molecule has 5 nitrogen and oxygen atoms in total. The summed E-state index contributed by atoms with van der Waals surface area (Å²) < 4.78 is 5.32. The van der Waals surface area contributed by atoms with Crippen molar-refractivity contribution in [3.8, 4) is 11.4 Å². The van der Waals surface area contributed by atoms with Crippen molar-refractivity contribution in [2.45, 2.75) is 77.2 Å². The first kappa shape index (κ1) is 18.6. The van der Waals surface area contributed by atoms with E-state index in [-0.39, 0.29) is 5.91 Å². The van der Waals surface area contributed by atoms with Gasteiger partial charge in [0.15, 0.2) is 0 Å². The number of aryl methyl sites for hydroxylation is 1. The number of amides is 1. The highest BCUT2D eigenvalue weighted by Gasteiger charge is 2.16. The second-order valence-corrected chi connectivity index (χ2v) is 7.54. The van der Waals surface area contributed by atoms with E-state index >= 15 is 0 Å². The van der Waals surface area contributed by atoms with Gasteiger partial charge in [0.05, 0.1) is 0 Å². The van der Waals surface area contributed by atoms with Gasteiger partial charge in [0.25, 0.3) is 0 Å². The van der Waals surface area contributed by atoms with E-state index in [0.717, 1.165) is 18.4 Å². The van der Waals surface area contributed by atoms with Crippen LogP contribution in [0.25, 0.3) is 11.4 Å². The smallest absolute Gasteiger partial charge is 0.227 e. The lowest BCUT2D eigenvalue weighted by atomic mass is 10.0. The third-order valence-electron chi connectivity index (χ3n) is 5.09. The van der Waals surface area contributed by atoms with E-state index in [1.54, 1.807) is 0 Å². The van der Waals surface area contributed by atoms with E-state index < -0.39 is 0 Å². The normalized spacial score (nSPS) is 15.8. The van der Waals surface area contributed by atoms with Crippen molar-refractivity contribution in [2.75, 3.05) is 0 Å². The van der Waals surface area contributed by atoms with Crippen LogP contribution in [0.2, 0.25) is 0 Å². The molecule has 1 aromatic carbocycles. The molecule has 1 amide bonds.